The number of benzene rings is 1. The summed E-state index contributed by atoms with van der Waals surface area (Å²) in [6.07, 6.45) is 9.91. The van der Waals surface area contributed by atoms with Crippen LogP contribution in [0.2, 0.25) is 0 Å². The van der Waals surface area contributed by atoms with Gasteiger partial charge in [-0.05, 0) is 62.7 Å². The van der Waals surface area contributed by atoms with Crippen LogP contribution in [0.4, 0.5) is 5.69 Å². The van der Waals surface area contributed by atoms with Crippen LogP contribution in [-0.2, 0) is 0 Å². The minimum atomic E-state index is 0.814. The standard InChI is InChI=1S/C18H26N2/c1-3-7-16(8-4-1)13-19-14-17-11-12-20(15-17)18-9-5-2-6-10-18/h1-3,5-6,9-10,16-17,19H,4,7-8,11-15H2. The molecule has 0 spiro atoms. The third kappa shape index (κ3) is 3.63. The Morgan fingerprint density at radius 3 is 2.65 bits per heavy atom. The molecular weight excluding hydrogens is 244 g/mol. The van der Waals surface area contributed by atoms with Gasteiger partial charge in [0.25, 0.3) is 0 Å². The summed E-state index contributed by atoms with van der Waals surface area (Å²) < 4.78 is 0. The third-order valence-corrected chi connectivity index (χ3v) is 4.65. The maximum absolute atomic E-state index is 3.71. The van der Waals surface area contributed by atoms with Gasteiger partial charge in [-0.15, -0.1) is 0 Å². The Balaban J connectivity index is 1.39. The molecule has 2 aliphatic rings. The molecule has 0 bridgehead atoms. The monoisotopic (exact) mass is 270 g/mol. The maximum Gasteiger partial charge on any atom is 0.0366 e. The topological polar surface area (TPSA) is 15.3 Å². The summed E-state index contributed by atoms with van der Waals surface area (Å²) in [6.45, 7) is 4.81. The fourth-order valence-corrected chi connectivity index (χ4v) is 3.41. The van der Waals surface area contributed by atoms with Crippen LogP contribution in [0.1, 0.15) is 25.7 Å². The van der Waals surface area contributed by atoms with Crippen molar-refractivity contribution < 1.29 is 0 Å². The molecule has 20 heavy (non-hydrogen) atoms. The molecule has 1 heterocycles. The lowest BCUT2D eigenvalue weighted by atomic mass is 9.94. The summed E-state index contributed by atoms with van der Waals surface area (Å²) in [5.74, 6) is 1.68. The van der Waals surface area contributed by atoms with Gasteiger partial charge in [-0.1, -0.05) is 30.4 Å². The average molecular weight is 270 g/mol. The van der Waals surface area contributed by atoms with E-state index in [0.29, 0.717) is 0 Å². The molecule has 1 aliphatic carbocycles. The molecule has 2 nitrogen and oxygen atoms in total. The average Bonchev–Trinajstić information content (AvgIpc) is 2.98. The van der Waals surface area contributed by atoms with E-state index in [1.807, 2.05) is 0 Å². The van der Waals surface area contributed by atoms with Gasteiger partial charge in [0.2, 0.25) is 0 Å². The summed E-state index contributed by atoms with van der Waals surface area (Å²) in [5, 5.41) is 3.71. The molecule has 1 aromatic carbocycles. The van der Waals surface area contributed by atoms with Gasteiger partial charge in [0, 0.05) is 18.8 Å². The Kier molecular flexibility index (Phi) is 4.75. The van der Waals surface area contributed by atoms with E-state index in [0.717, 1.165) is 11.8 Å². The van der Waals surface area contributed by atoms with E-state index in [-0.39, 0.29) is 0 Å². The summed E-state index contributed by atoms with van der Waals surface area (Å²) in [5.41, 5.74) is 1.38. The molecule has 3 rings (SSSR count). The van der Waals surface area contributed by atoms with Crippen molar-refractivity contribution in [3.8, 4) is 0 Å². The summed E-state index contributed by atoms with van der Waals surface area (Å²) in [7, 11) is 0. The molecule has 108 valence electrons. The molecular formula is C18H26N2. The molecule has 2 heteroatoms. The Hall–Kier alpha value is -1.28. The highest BCUT2D eigenvalue weighted by Gasteiger charge is 2.22. The first-order valence-corrected chi connectivity index (χ1v) is 8.07. The number of para-hydroxylation sites is 1. The Morgan fingerprint density at radius 2 is 1.85 bits per heavy atom. The second-order valence-corrected chi connectivity index (χ2v) is 6.24. The van der Waals surface area contributed by atoms with Crippen LogP contribution in [0, 0.1) is 11.8 Å². The number of nitrogens with zero attached hydrogens (tertiary/aromatic N) is 1. The van der Waals surface area contributed by atoms with Crippen LogP contribution in [-0.4, -0.2) is 26.2 Å². The zero-order chi connectivity index (χ0) is 13.6. The van der Waals surface area contributed by atoms with Crippen molar-refractivity contribution in [3.05, 3.63) is 42.5 Å². The molecule has 2 unspecified atom stereocenters. The number of hydrogen-bond donors (Lipinski definition) is 1. The Bertz CT molecular complexity index is 426. The van der Waals surface area contributed by atoms with Crippen LogP contribution >= 0.6 is 0 Å². The van der Waals surface area contributed by atoms with E-state index in [4.69, 9.17) is 0 Å². The van der Waals surface area contributed by atoms with Gasteiger partial charge in [-0.2, -0.15) is 0 Å². The van der Waals surface area contributed by atoms with Crippen molar-refractivity contribution in [3.63, 3.8) is 0 Å². The van der Waals surface area contributed by atoms with Gasteiger partial charge in [0.15, 0.2) is 0 Å². The fraction of sp³-hybridized carbons (Fsp3) is 0.556. The highest BCUT2D eigenvalue weighted by Crippen LogP contribution is 2.23. The molecule has 1 N–H and O–H groups in total. The predicted octanol–water partition coefficient (Wildman–Crippen LogP) is 3.46. The molecule has 1 aliphatic heterocycles. The lowest BCUT2D eigenvalue weighted by molar-refractivity contribution is 0.415. The van der Waals surface area contributed by atoms with Crippen molar-refractivity contribution in [1.82, 2.24) is 5.32 Å². The van der Waals surface area contributed by atoms with E-state index >= 15 is 0 Å². The summed E-state index contributed by atoms with van der Waals surface area (Å²) in [4.78, 5) is 2.52. The molecule has 0 amide bonds. The normalized spacial score (nSPS) is 26.1. The van der Waals surface area contributed by atoms with Crippen molar-refractivity contribution in [1.29, 1.82) is 0 Å². The molecule has 0 saturated carbocycles. The van der Waals surface area contributed by atoms with E-state index in [2.05, 4.69) is 52.7 Å². The van der Waals surface area contributed by atoms with Crippen LogP contribution in [0.25, 0.3) is 0 Å². The predicted molar refractivity (Wildman–Crippen MR) is 86.1 cm³/mol. The van der Waals surface area contributed by atoms with E-state index in [1.54, 1.807) is 0 Å². The quantitative estimate of drug-likeness (QED) is 0.824. The minimum absolute atomic E-state index is 0.814. The van der Waals surface area contributed by atoms with Crippen molar-refractivity contribution in [2.24, 2.45) is 11.8 Å². The van der Waals surface area contributed by atoms with Gasteiger partial charge in [-0.3, -0.25) is 0 Å². The van der Waals surface area contributed by atoms with Crippen LogP contribution in [0.15, 0.2) is 42.5 Å². The molecule has 1 saturated heterocycles. The first-order valence-electron chi connectivity index (χ1n) is 8.07. The lowest BCUT2D eigenvalue weighted by Crippen LogP contribution is -2.30. The first-order chi connectivity index (χ1) is 9.92. The zero-order valence-electron chi connectivity index (χ0n) is 12.3. The van der Waals surface area contributed by atoms with Gasteiger partial charge in [0.1, 0.15) is 0 Å². The SMILES string of the molecule is C1=CCC(CNCC2CCN(c3ccccc3)C2)CC1. The van der Waals surface area contributed by atoms with Crippen molar-refractivity contribution >= 4 is 5.69 Å². The molecule has 1 fully saturated rings. The zero-order valence-corrected chi connectivity index (χ0v) is 12.3. The van der Waals surface area contributed by atoms with Gasteiger partial charge < -0.3 is 10.2 Å². The van der Waals surface area contributed by atoms with Gasteiger partial charge >= 0.3 is 0 Å². The highest BCUT2D eigenvalue weighted by atomic mass is 15.2. The number of allylic oxidation sites excluding steroid dienone is 2. The van der Waals surface area contributed by atoms with E-state index in [1.165, 1.54) is 57.5 Å². The molecule has 0 aromatic heterocycles. The minimum Gasteiger partial charge on any atom is -0.371 e. The van der Waals surface area contributed by atoms with E-state index in [9.17, 15) is 0 Å². The molecule has 0 radical (unpaired) electrons. The molecule has 2 atom stereocenters. The first kappa shape index (κ1) is 13.7. The highest BCUT2D eigenvalue weighted by molar-refractivity contribution is 5.46. The lowest BCUT2D eigenvalue weighted by Gasteiger charge is -2.21. The van der Waals surface area contributed by atoms with Crippen molar-refractivity contribution in [2.45, 2.75) is 25.7 Å². The molecule has 1 aromatic rings. The van der Waals surface area contributed by atoms with Crippen LogP contribution in [0.3, 0.4) is 0 Å². The van der Waals surface area contributed by atoms with Crippen LogP contribution < -0.4 is 10.2 Å². The second kappa shape index (κ2) is 6.94. The Labute approximate surface area is 122 Å². The van der Waals surface area contributed by atoms with Crippen LogP contribution in [0.5, 0.6) is 0 Å². The number of hydrogen-bond acceptors (Lipinski definition) is 2. The van der Waals surface area contributed by atoms with E-state index < -0.39 is 0 Å². The van der Waals surface area contributed by atoms with Gasteiger partial charge in [0.05, 0.1) is 0 Å². The van der Waals surface area contributed by atoms with Gasteiger partial charge in [-0.25, -0.2) is 0 Å². The second-order valence-electron chi connectivity index (χ2n) is 6.24. The number of nitrogens with one attached hydrogen (secondary N) is 1. The van der Waals surface area contributed by atoms with Crippen molar-refractivity contribution in [2.75, 3.05) is 31.1 Å². The summed E-state index contributed by atoms with van der Waals surface area (Å²) >= 11 is 0. The number of anilines is 1. The largest absolute Gasteiger partial charge is 0.371 e. The fourth-order valence-electron chi connectivity index (χ4n) is 3.41. The summed E-state index contributed by atoms with van der Waals surface area (Å²) in [6, 6.07) is 10.8. The third-order valence-electron chi connectivity index (χ3n) is 4.65. The number of rotatable bonds is 5. The Morgan fingerprint density at radius 1 is 1.00 bits per heavy atom. The maximum atomic E-state index is 3.71. The smallest absolute Gasteiger partial charge is 0.0366 e.